The average Bonchev–Trinajstić information content (AvgIpc) is 3.13. The molecule has 170 valence electrons. The summed E-state index contributed by atoms with van der Waals surface area (Å²) in [7, 11) is 0. The van der Waals surface area contributed by atoms with Gasteiger partial charge in [0.25, 0.3) is 5.91 Å². The standard InChI is InChI=1S/C23H20F3N5O2/c1-12-5-6-14(13-8-10-31-18(11-13)29-23(27)30-31)21(26)19(12)22(33)28-9-7-17(32)20-15(24)3-2-4-16(20)25/h2-6,8,10-11,17,32H,7,9H2,1H3,(H2,27,30)(H,28,33). The molecule has 4 aromatic rings. The molecular formula is C23H20F3N5O2. The number of benzene rings is 2. The van der Waals surface area contributed by atoms with Crippen LogP contribution in [0.3, 0.4) is 0 Å². The van der Waals surface area contributed by atoms with E-state index in [0.29, 0.717) is 16.8 Å². The zero-order valence-corrected chi connectivity index (χ0v) is 17.5. The highest BCUT2D eigenvalue weighted by atomic mass is 19.1. The number of fused-ring (bicyclic) bond motifs is 1. The van der Waals surface area contributed by atoms with Crippen LogP contribution in [0.4, 0.5) is 19.1 Å². The summed E-state index contributed by atoms with van der Waals surface area (Å²) in [5.74, 6) is -3.12. The van der Waals surface area contributed by atoms with E-state index in [-0.39, 0.29) is 30.0 Å². The summed E-state index contributed by atoms with van der Waals surface area (Å²) >= 11 is 0. The molecule has 0 saturated carbocycles. The predicted molar refractivity (Wildman–Crippen MR) is 116 cm³/mol. The maximum absolute atomic E-state index is 15.4. The fourth-order valence-corrected chi connectivity index (χ4v) is 3.62. The minimum absolute atomic E-state index is 0.0778. The number of nitrogens with one attached hydrogen (secondary N) is 1. The number of aliphatic hydroxyl groups is 1. The highest BCUT2D eigenvalue weighted by molar-refractivity contribution is 5.97. The lowest BCUT2D eigenvalue weighted by molar-refractivity contribution is 0.0937. The largest absolute Gasteiger partial charge is 0.388 e. The third-order valence-corrected chi connectivity index (χ3v) is 5.28. The van der Waals surface area contributed by atoms with Crippen LogP contribution in [0.1, 0.15) is 34.0 Å². The lowest BCUT2D eigenvalue weighted by atomic mass is 9.98. The van der Waals surface area contributed by atoms with Crippen molar-refractivity contribution < 1.29 is 23.1 Å². The van der Waals surface area contributed by atoms with Gasteiger partial charge in [-0.05, 0) is 48.7 Å². The lowest BCUT2D eigenvalue weighted by Gasteiger charge is -2.15. The van der Waals surface area contributed by atoms with Crippen molar-refractivity contribution in [2.45, 2.75) is 19.4 Å². The Morgan fingerprint density at radius 1 is 1.18 bits per heavy atom. The van der Waals surface area contributed by atoms with Gasteiger partial charge in [-0.15, -0.1) is 5.10 Å². The molecule has 4 N–H and O–H groups in total. The van der Waals surface area contributed by atoms with Gasteiger partial charge < -0.3 is 16.2 Å². The second-order valence-corrected chi connectivity index (χ2v) is 7.50. The topological polar surface area (TPSA) is 106 Å². The van der Waals surface area contributed by atoms with Crippen LogP contribution in [-0.4, -0.2) is 32.2 Å². The number of carbonyl (C=O) groups is 1. The first-order chi connectivity index (χ1) is 15.8. The molecule has 1 unspecified atom stereocenters. The summed E-state index contributed by atoms with van der Waals surface area (Å²) in [5.41, 5.74) is 6.44. The van der Waals surface area contributed by atoms with Crippen molar-refractivity contribution in [1.29, 1.82) is 0 Å². The third kappa shape index (κ3) is 4.37. The summed E-state index contributed by atoms with van der Waals surface area (Å²) < 4.78 is 44.4. The smallest absolute Gasteiger partial charge is 0.254 e. The third-order valence-electron chi connectivity index (χ3n) is 5.28. The monoisotopic (exact) mass is 455 g/mol. The molecule has 1 amide bonds. The SMILES string of the molecule is Cc1ccc(-c2ccn3nc(N)nc3c2)c(F)c1C(=O)NCCC(O)c1c(F)cccc1F. The molecule has 0 fully saturated rings. The number of nitrogens with zero attached hydrogens (tertiary/aromatic N) is 3. The highest BCUT2D eigenvalue weighted by Crippen LogP contribution is 2.28. The van der Waals surface area contributed by atoms with Crippen molar-refractivity contribution in [2.24, 2.45) is 0 Å². The Hall–Kier alpha value is -3.92. The molecule has 0 saturated heterocycles. The molecule has 2 heterocycles. The van der Waals surface area contributed by atoms with Gasteiger partial charge in [0.05, 0.1) is 17.2 Å². The number of aromatic nitrogens is 3. The number of hydrogen-bond acceptors (Lipinski definition) is 5. The maximum Gasteiger partial charge on any atom is 0.254 e. The molecule has 0 spiro atoms. The second kappa shape index (κ2) is 8.91. The van der Waals surface area contributed by atoms with Crippen molar-refractivity contribution in [2.75, 3.05) is 12.3 Å². The van der Waals surface area contributed by atoms with E-state index in [1.165, 1.54) is 10.6 Å². The van der Waals surface area contributed by atoms with E-state index >= 15 is 4.39 Å². The molecule has 2 aromatic heterocycles. The first-order valence-corrected chi connectivity index (χ1v) is 10.1. The Morgan fingerprint density at radius 2 is 1.91 bits per heavy atom. The molecule has 7 nitrogen and oxygen atoms in total. The molecule has 0 aliphatic carbocycles. The number of nitrogens with two attached hydrogens (primary N) is 1. The Bertz CT molecular complexity index is 1340. The van der Waals surface area contributed by atoms with Crippen LogP contribution in [0.25, 0.3) is 16.8 Å². The summed E-state index contributed by atoms with van der Waals surface area (Å²) in [4.78, 5) is 16.8. The van der Waals surface area contributed by atoms with Gasteiger partial charge in [0.2, 0.25) is 5.95 Å². The summed E-state index contributed by atoms with van der Waals surface area (Å²) in [6, 6.07) is 9.65. The van der Waals surface area contributed by atoms with Gasteiger partial charge in [-0.25, -0.2) is 17.7 Å². The first kappa shape index (κ1) is 22.3. The molecule has 0 aliphatic rings. The lowest BCUT2D eigenvalue weighted by Crippen LogP contribution is -2.27. The van der Waals surface area contributed by atoms with Gasteiger partial charge in [0.1, 0.15) is 17.5 Å². The quantitative estimate of drug-likeness (QED) is 0.412. The molecular weight excluding hydrogens is 435 g/mol. The number of pyridine rings is 1. The van der Waals surface area contributed by atoms with Gasteiger partial charge >= 0.3 is 0 Å². The van der Waals surface area contributed by atoms with Crippen LogP contribution < -0.4 is 11.1 Å². The van der Waals surface area contributed by atoms with E-state index < -0.39 is 35.0 Å². The van der Waals surface area contributed by atoms with Gasteiger partial charge in [-0.1, -0.05) is 18.2 Å². The van der Waals surface area contributed by atoms with Gasteiger partial charge in [0, 0.05) is 18.3 Å². The van der Waals surface area contributed by atoms with Crippen molar-refractivity contribution in [3.05, 3.63) is 82.8 Å². The molecule has 0 aliphatic heterocycles. The fraction of sp³-hybridized carbons (Fsp3) is 0.174. The Labute approximate surface area is 186 Å². The zero-order chi connectivity index (χ0) is 23.7. The molecule has 4 rings (SSSR count). The van der Waals surface area contributed by atoms with Gasteiger partial charge in [-0.2, -0.15) is 4.98 Å². The van der Waals surface area contributed by atoms with Crippen LogP contribution in [-0.2, 0) is 0 Å². The van der Waals surface area contributed by atoms with Crippen LogP contribution in [0.5, 0.6) is 0 Å². The van der Waals surface area contributed by atoms with Crippen LogP contribution in [0.15, 0.2) is 48.7 Å². The van der Waals surface area contributed by atoms with Crippen molar-refractivity contribution in [3.63, 3.8) is 0 Å². The number of carbonyl (C=O) groups excluding carboxylic acids is 1. The van der Waals surface area contributed by atoms with E-state index in [1.54, 1.807) is 37.4 Å². The van der Waals surface area contributed by atoms with E-state index in [1.807, 2.05) is 0 Å². The summed E-state index contributed by atoms with van der Waals surface area (Å²) in [5, 5.41) is 16.6. The molecule has 10 heteroatoms. The predicted octanol–water partition coefficient (Wildman–Crippen LogP) is 3.56. The maximum atomic E-state index is 15.4. The Morgan fingerprint density at radius 3 is 2.64 bits per heavy atom. The van der Waals surface area contributed by atoms with E-state index in [0.717, 1.165) is 12.1 Å². The number of aliphatic hydroxyl groups excluding tert-OH is 1. The highest BCUT2D eigenvalue weighted by Gasteiger charge is 2.21. The fourth-order valence-electron chi connectivity index (χ4n) is 3.62. The molecule has 33 heavy (non-hydrogen) atoms. The van der Waals surface area contributed by atoms with Crippen LogP contribution in [0, 0.1) is 24.4 Å². The minimum atomic E-state index is -1.47. The first-order valence-electron chi connectivity index (χ1n) is 10.1. The molecule has 0 radical (unpaired) electrons. The molecule has 0 bridgehead atoms. The van der Waals surface area contributed by atoms with Crippen molar-refractivity contribution in [3.8, 4) is 11.1 Å². The minimum Gasteiger partial charge on any atom is -0.388 e. The Balaban J connectivity index is 1.53. The number of aryl methyl sites for hydroxylation is 1. The average molecular weight is 455 g/mol. The number of nitrogen functional groups attached to an aromatic ring is 1. The zero-order valence-electron chi connectivity index (χ0n) is 17.5. The summed E-state index contributed by atoms with van der Waals surface area (Å²) in [6.45, 7) is 1.47. The second-order valence-electron chi connectivity index (χ2n) is 7.50. The van der Waals surface area contributed by atoms with Crippen molar-refractivity contribution in [1.82, 2.24) is 19.9 Å². The van der Waals surface area contributed by atoms with E-state index in [4.69, 9.17) is 5.73 Å². The Kier molecular flexibility index (Phi) is 6.01. The summed E-state index contributed by atoms with van der Waals surface area (Å²) in [6.07, 6.45) is -0.0447. The van der Waals surface area contributed by atoms with Crippen molar-refractivity contribution >= 4 is 17.5 Å². The van der Waals surface area contributed by atoms with Crippen LogP contribution in [0.2, 0.25) is 0 Å². The number of rotatable bonds is 6. The van der Waals surface area contributed by atoms with E-state index in [2.05, 4.69) is 15.4 Å². The number of anilines is 1. The number of halogens is 3. The van der Waals surface area contributed by atoms with E-state index in [9.17, 15) is 18.7 Å². The van der Waals surface area contributed by atoms with Crippen LogP contribution >= 0.6 is 0 Å². The normalized spacial score (nSPS) is 12.2. The van der Waals surface area contributed by atoms with Gasteiger partial charge in [0.15, 0.2) is 5.65 Å². The number of hydrogen-bond donors (Lipinski definition) is 3. The molecule has 2 aromatic carbocycles. The molecule has 1 atom stereocenters. The van der Waals surface area contributed by atoms with Gasteiger partial charge in [-0.3, -0.25) is 4.79 Å². The number of amides is 1.